The zero-order valence-electron chi connectivity index (χ0n) is 9.59. The molecule has 1 N–H and O–H groups in total. The van der Waals surface area contributed by atoms with Gasteiger partial charge in [0.15, 0.2) is 0 Å². The second-order valence-electron chi connectivity index (χ2n) is 3.67. The summed E-state index contributed by atoms with van der Waals surface area (Å²) in [6, 6.07) is 2.16. The van der Waals surface area contributed by atoms with Crippen molar-refractivity contribution in [3.63, 3.8) is 0 Å². The van der Waals surface area contributed by atoms with Crippen LogP contribution in [-0.2, 0) is 13.1 Å². The Bertz CT molecular complexity index is 283. The molecule has 0 unspecified atom stereocenters. The van der Waals surface area contributed by atoms with Crippen molar-refractivity contribution in [3.8, 4) is 0 Å². The SMILES string of the molecule is CCn1nc(C)cc1CNCCCCI. The predicted molar refractivity (Wildman–Crippen MR) is 72.5 cm³/mol. The van der Waals surface area contributed by atoms with E-state index in [1.165, 1.54) is 23.0 Å². The van der Waals surface area contributed by atoms with Crippen LogP contribution in [0.3, 0.4) is 0 Å². The van der Waals surface area contributed by atoms with E-state index in [-0.39, 0.29) is 0 Å². The molecule has 1 heterocycles. The Kier molecular flexibility index (Phi) is 6.24. The Hall–Kier alpha value is -0.100. The van der Waals surface area contributed by atoms with Gasteiger partial charge in [-0.05, 0) is 43.7 Å². The first-order valence-corrected chi connectivity index (χ1v) is 7.10. The minimum absolute atomic E-state index is 0.940. The maximum atomic E-state index is 4.42. The predicted octanol–water partition coefficient (Wildman–Crippen LogP) is 2.52. The van der Waals surface area contributed by atoms with Gasteiger partial charge in [0.1, 0.15) is 0 Å². The van der Waals surface area contributed by atoms with Gasteiger partial charge >= 0.3 is 0 Å². The van der Waals surface area contributed by atoms with E-state index in [0.29, 0.717) is 0 Å². The Balaban J connectivity index is 2.30. The van der Waals surface area contributed by atoms with Gasteiger partial charge in [-0.2, -0.15) is 5.10 Å². The average Bonchev–Trinajstić information content (AvgIpc) is 2.59. The molecule has 0 bridgehead atoms. The Morgan fingerprint density at radius 2 is 2.27 bits per heavy atom. The zero-order valence-corrected chi connectivity index (χ0v) is 11.7. The second-order valence-corrected chi connectivity index (χ2v) is 4.74. The third-order valence-corrected chi connectivity index (χ3v) is 3.09. The number of aryl methyl sites for hydroxylation is 2. The Labute approximate surface area is 106 Å². The molecule has 0 amide bonds. The third-order valence-electron chi connectivity index (χ3n) is 2.33. The molecule has 0 radical (unpaired) electrons. The van der Waals surface area contributed by atoms with Crippen molar-refractivity contribution in [3.05, 3.63) is 17.5 Å². The van der Waals surface area contributed by atoms with Crippen LogP contribution in [0.5, 0.6) is 0 Å². The van der Waals surface area contributed by atoms with Crippen molar-refractivity contribution >= 4 is 22.6 Å². The van der Waals surface area contributed by atoms with E-state index in [1.54, 1.807) is 0 Å². The van der Waals surface area contributed by atoms with E-state index in [0.717, 1.165) is 25.3 Å². The largest absolute Gasteiger partial charge is 0.311 e. The van der Waals surface area contributed by atoms with Gasteiger partial charge < -0.3 is 5.32 Å². The quantitative estimate of drug-likeness (QED) is 0.475. The number of alkyl halides is 1. The highest BCUT2D eigenvalue weighted by Gasteiger charge is 2.02. The number of halogens is 1. The molecule has 0 aliphatic carbocycles. The van der Waals surface area contributed by atoms with Crippen molar-refractivity contribution in [2.45, 2.75) is 39.8 Å². The number of nitrogens with zero attached hydrogens (tertiary/aromatic N) is 2. The summed E-state index contributed by atoms with van der Waals surface area (Å²) in [6.07, 6.45) is 2.57. The first kappa shape index (κ1) is 13.0. The number of rotatable bonds is 7. The molecular formula is C11H20IN3. The molecular weight excluding hydrogens is 301 g/mol. The molecule has 0 aromatic carbocycles. The molecule has 0 atom stereocenters. The summed E-state index contributed by atoms with van der Waals surface area (Å²) < 4.78 is 3.33. The highest BCUT2D eigenvalue weighted by molar-refractivity contribution is 14.1. The molecule has 86 valence electrons. The normalized spacial score (nSPS) is 10.9. The average molecular weight is 321 g/mol. The van der Waals surface area contributed by atoms with Crippen LogP contribution in [0.15, 0.2) is 6.07 Å². The summed E-state index contributed by atoms with van der Waals surface area (Å²) >= 11 is 2.42. The van der Waals surface area contributed by atoms with E-state index in [1.807, 2.05) is 6.92 Å². The standard InChI is InChI=1S/C11H20IN3/c1-3-15-11(8-10(2)14-15)9-13-7-5-4-6-12/h8,13H,3-7,9H2,1-2H3. The van der Waals surface area contributed by atoms with Crippen LogP contribution < -0.4 is 5.32 Å². The van der Waals surface area contributed by atoms with Gasteiger partial charge in [-0.25, -0.2) is 0 Å². The van der Waals surface area contributed by atoms with Crippen LogP contribution in [0.4, 0.5) is 0 Å². The van der Waals surface area contributed by atoms with Gasteiger partial charge in [0.2, 0.25) is 0 Å². The van der Waals surface area contributed by atoms with Crippen LogP contribution in [0.1, 0.15) is 31.2 Å². The number of nitrogens with one attached hydrogen (secondary N) is 1. The number of unbranched alkanes of at least 4 members (excludes halogenated alkanes) is 1. The highest BCUT2D eigenvalue weighted by atomic mass is 127. The lowest BCUT2D eigenvalue weighted by molar-refractivity contribution is 0.570. The summed E-state index contributed by atoms with van der Waals surface area (Å²) in [4.78, 5) is 0. The van der Waals surface area contributed by atoms with Gasteiger partial charge in [-0.1, -0.05) is 22.6 Å². The molecule has 0 saturated heterocycles. The molecule has 1 rings (SSSR count). The van der Waals surface area contributed by atoms with Gasteiger partial charge in [-0.3, -0.25) is 4.68 Å². The summed E-state index contributed by atoms with van der Waals surface area (Å²) in [7, 11) is 0. The van der Waals surface area contributed by atoms with Gasteiger partial charge in [-0.15, -0.1) is 0 Å². The third kappa shape index (κ3) is 4.51. The smallest absolute Gasteiger partial charge is 0.0597 e. The number of hydrogen-bond acceptors (Lipinski definition) is 2. The van der Waals surface area contributed by atoms with E-state index < -0.39 is 0 Å². The van der Waals surface area contributed by atoms with E-state index in [4.69, 9.17) is 0 Å². The number of aromatic nitrogens is 2. The summed E-state index contributed by atoms with van der Waals surface area (Å²) in [5.74, 6) is 0. The first-order chi connectivity index (χ1) is 7.27. The molecule has 1 aromatic rings. The molecule has 15 heavy (non-hydrogen) atoms. The maximum Gasteiger partial charge on any atom is 0.0597 e. The second kappa shape index (κ2) is 7.22. The summed E-state index contributed by atoms with van der Waals surface area (Å²) in [5, 5.41) is 7.88. The van der Waals surface area contributed by atoms with Gasteiger partial charge in [0.25, 0.3) is 0 Å². The molecule has 0 aliphatic heterocycles. The molecule has 0 aliphatic rings. The fraction of sp³-hybridized carbons (Fsp3) is 0.727. The zero-order chi connectivity index (χ0) is 11.1. The fourth-order valence-corrected chi connectivity index (χ4v) is 2.12. The van der Waals surface area contributed by atoms with Gasteiger partial charge in [0.05, 0.1) is 11.4 Å². The molecule has 3 nitrogen and oxygen atoms in total. The molecule has 0 spiro atoms. The lowest BCUT2D eigenvalue weighted by Crippen LogP contribution is -2.17. The van der Waals surface area contributed by atoms with Crippen LogP contribution in [0.2, 0.25) is 0 Å². The van der Waals surface area contributed by atoms with Crippen molar-refractivity contribution in [1.82, 2.24) is 15.1 Å². The molecule has 0 fully saturated rings. The van der Waals surface area contributed by atoms with Crippen LogP contribution in [0.25, 0.3) is 0 Å². The summed E-state index contributed by atoms with van der Waals surface area (Å²) in [5.41, 5.74) is 2.41. The van der Waals surface area contributed by atoms with Gasteiger partial charge in [0, 0.05) is 13.1 Å². The minimum Gasteiger partial charge on any atom is -0.311 e. The first-order valence-electron chi connectivity index (χ1n) is 5.58. The highest BCUT2D eigenvalue weighted by Crippen LogP contribution is 2.03. The molecule has 0 saturated carbocycles. The van der Waals surface area contributed by atoms with E-state index in [2.05, 4.69) is 50.7 Å². The molecule has 1 aromatic heterocycles. The van der Waals surface area contributed by atoms with Crippen molar-refractivity contribution in [2.75, 3.05) is 11.0 Å². The van der Waals surface area contributed by atoms with Crippen molar-refractivity contribution < 1.29 is 0 Å². The van der Waals surface area contributed by atoms with Crippen LogP contribution in [0, 0.1) is 6.92 Å². The lowest BCUT2D eigenvalue weighted by atomic mass is 10.3. The Morgan fingerprint density at radius 1 is 1.47 bits per heavy atom. The lowest BCUT2D eigenvalue weighted by Gasteiger charge is -2.05. The van der Waals surface area contributed by atoms with E-state index in [9.17, 15) is 0 Å². The van der Waals surface area contributed by atoms with E-state index >= 15 is 0 Å². The fourth-order valence-electron chi connectivity index (χ4n) is 1.58. The minimum atomic E-state index is 0.940. The topological polar surface area (TPSA) is 29.9 Å². The van der Waals surface area contributed by atoms with Crippen molar-refractivity contribution in [1.29, 1.82) is 0 Å². The maximum absolute atomic E-state index is 4.42. The summed E-state index contributed by atoms with van der Waals surface area (Å²) in [6.45, 7) is 7.18. The monoisotopic (exact) mass is 321 g/mol. The van der Waals surface area contributed by atoms with Crippen LogP contribution in [-0.4, -0.2) is 20.8 Å². The van der Waals surface area contributed by atoms with Crippen LogP contribution >= 0.6 is 22.6 Å². The Morgan fingerprint density at radius 3 is 2.93 bits per heavy atom. The van der Waals surface area contributed by atoms with Crippen molar-refractivity contribution in [2.24, 2.45) is 0 Å². The number of hydrogen-bond donors (Lipinski definition) is 1. The molecule has 4 heteroatoms.